The van der Waals surface area contributed by atoms with Crippen molar-refractivity contribution in [2.75, 3.05) is 26.1 Å². The van der Waals surface area contributed by atoms with Crippen molar-refractivity contribution in [3.8, 4) is 11.4 Å². The Morgan fingerprint density at radius 3 is 2.55 bits per heavy atom. The van der Waals surface area contributed by atoms with E-state index in [1.165, 1.54) is 7.11 Å². The number of nitrogens with zero attached hydrogens (tertiary/aromatic N) is 3. The maximum Gasteiger partial charge on any atom is 0.337 e. The summed E-state index contributed by atoms with van der Waals surface area (Å²) in [4.78, 5) is 32.0. The average molecular weight is 584 g/mol. The number of esters is 1. The number of rotatable bonds is 9. The monoisotopic (exact) mass is 583 g/mol. The molecule has 1 fully saturated rings. The second-order valence-electron chi connectivity index (χ2n) is 10.0. The van der Waals surface area contributed by atoms with Crippen molar-refractivity contribution in [2.45, 2.75) is 32.4 Å². The first-order chi connectivity index (χ1) is 20.3. The van der Waals surface area contributed by atoms with Gasteiger partial charge in [0.2, 0.25) is 5.91 Å². The lowest BCUT2D eigenvalue weighted by atomic mass is 9.96. The van der Waals surface area contributed by atoms with Gasteiger partial charge in [-0.05, 0) is 80.2 Å². The number of aromatic nitrogens is 2. The summed E-state index contributed by atoms with van der Waals surface area (Å²) < 4.78 is 12.4. The molecule has 5 rings (SSSR count). The normalized spacial score (nSPS) is 16.2. The van der Waals surface area contributed by atoms with Crippen LogP contribution in [-0.4, -0.2) is 52.2 Å². The first kappa shape index (κ1) is 28.8. The highest BCUT2D eigenvalue weighted by Crippen LogP contribution is 2.41. The topological polar surface area (TPSA) is 97.7 Å². The van der Waals surface area contributed by atoms with E-state index in [0.717, 1.165) is 28.3 Å². The Hall–Kier alpha value is -4.70. The van der Waals surface area contributed by atoms with Gasteiger partial charge in [0.15, 0.2) is 5.11 Å². The number of carbonyl (C=O) groups excluding carboxylic acids is 2. The van der Waals surface area contributed by atoms with Gasteiger partial charge in [-0.2, -0.15) is 0 Å². The standard InChI is InChI=1S/C32H33N5O4S/c1-20-18-24(21(2)37(20)23-11-9-10-22(19-23)31(39)41-4)30-29(26-13-7-8-16-33-26)35-32(42)36(30)17-15-28(38)34-25-12-5-6-14-27(25)40-3/h5-14,16,18-19,29-30H,15,17H2,1-4H3,(H,34,38)(H,35,42)/t29-,30-/m1/s1. The zero-order valence-electron chi connectivity index (χ0n) is 24.0. The summed E-state index contributed by atoms with van der Waals surface area (Å²) in [5, 5.41) is 6.97. The number of aryl methyl sites for hydroxylation is 1. The van der Waals surface area contributed by atoms with E-state index >= 15 is 0 Å². The van der Waals surface area contributed by atoms with Gasteiger partial charge in [-0.3, -0.25) is 9.78 Å². The molecule has 9 nitrogen and oxygen atoms in total. The molecule has 1 amide bonds. The van der Waals surface area contributed by atoms with Crippen molar-refractivity contribution in [1.82, 2.24) is 19.8 Å². The fourth-order valence-corrected chi connectivity index (χ4v) is 5.87. The second-order valence-corrected chi connectivity index (χ2v) is 10.4. The summed E-state index contributed by atoms with van der Waals surface area (Å²) in [6, 6.07) is 22.2. The molecule has 4 aromatic rings. The second kappa shape index (κ2) is 12.4. The Labute approximate surface area is 250 Å². The molecule has 2 aromatic carbocycles. The van der Waals surface area contributed by atoms with Crippen molar-refractivity contribution in [2.24, 2.45) is 0 Å². The molecule has 0 spiro atoms. The molecule has 1 saturated heterocycles. The number of para-hydroxylation sites is 2. The molecular formula is C32H33N5O4S. The van der Waals surface area contributed by atoms with E-state index in [2.05, 4.69) is 38.1 Å². The van der Waals surface area contributed by atoms with Gasteiger partial charge in [0.1, 0.15) is 5.75 Å². The fraction of sp³-hybridized carbons (Fsp3) is 0.250. The molecule has 10 heteroatoms. The summed E-state index contributed by atoms with van der Waals surface area (Å²) >= 11 is 5.83. The Bertz CT molecular complexity index is 1620. The molecule has 2 aromatic heterocycles. The molecule has 2 N–H and O–H groups in total. The van der Waals surface area contributed by atoms with Crippen LogP contribution in [0.3, 0.4) is 0 Å². The number of nitrogens with one attached hydrogen (secondary N) is 2. The zero-order valence-corrected chi connectivity index (χ0v) is 24.8. The fourth-order valence-electron chi connectivity index (χ4n) is 5.54. The van der Waals surface area contributed by atoms with Crippen LogP contribution in [0.1, 0.15) is 51.5 Å². The third-order valence-corrected chi connectivity index (χ3v) is 7.83. The van der Waals surface area contributed by atoms with Gasteiger partial charge in [0.25, 0.3) is 0 Å². The number of thiocarbonyl (C=S) groups is 1. The van der Waals surface area contributed by atoms with E-state index in [4.69, 9.17) is 21.7 Å². The van der Waals surface area contributed by atoms with Crippen molar-refractivity contribution in [3.05, 3.63) is 107 Å². The number of pyridine rings is 1. The minimum absolute atomic E-state index is 0.146. The van der Waals surface area contributed by atoms with Gasteiger partial charge in [-0.1, -0.05) is 24.3 Å². The first-order valence-electron chi connectivity index (χ1n) is 13.6. The van der Waals surface area contributed by atoms with Crippen LogP contribution < -0.4 is 15.4 Å². The number of carbonyl (C=O) groups is 2. The first-order valence-corrected chi connectivity index (χ1v) is 14.0. The number of hydrogen-bond acceptors (Lipinski definition) is 6. The van der Waals surface area contributed by atoms with Crippen LogP contribution in [0.5, 0.6) is 5.75 Å². The highest BCUT2D eigenvalue weighted by atomic mass is 32.1. The van der Waals surface area contributed by atoms with Crippen LogP contribution in [0.4, 0.5) is 5.69 Å². The average Bonchev–Trinajstić information content (AvgIpc) is 3.50. The number of anilines is 1. The molecule has 0 radical (unpaired) electrons. The maximum absolute atomic E-state index is 13.0. The molecule has 42 heavy (non-hydrogen) atoms. The quantitative estimate of drug-likeness (QED) is 0.203. The molecule has 216 valence electrons. The number of methoxy groups -OCH3 is 2. The number of benzene rings is 2. The molecule has 2 atom stereocenters. The van der Waals surface area contributed by atoms with Crippen LogP contribution in [0, 0.1) is 13.8 Å². The Kier molecular flexibility index (Phi) is 8.53. The van der Waals surface area contributed by atoms with Gasteiger partial charge >= 0.3 is 5.97 Å². The van der Waals surface area contributed by atoms with Crippen molar-refractivity contribution >= 4 is 34.9 Å². The van der Waals surface area contributed by atoms with E-state index in [0.29, 0.717) is 28.7 Å². The van der Waals surface area contributed by atoms with Crippen molar-refractivity contribution in [1.29, 1.82) is 0 Å². The smallest absolute Gasteiger partial charge is 0.337 e. The van der Waals surface area contributed by atoms with Gasteiger partial charge in [0.05, 0.1) is 43.2 Å². The SMILES string of the molecule is COC(=O)c1cccc(-n2c(C)cc([C@@H]3[C@@H](c4ccccn4)NC(=S)N3CCC(=O)Nc3ccccc3OC)c2C)c1. The number of ether oxygens (including phenoxy) is 2. The third kappa shape index (κ3) is 5.71. The van der Waals surface area contributed by atoms with Crippen LogP contribution in [0.15, 0.2) is 79.0 Å². The van der Waals surface area contributed by atoms with Crippen LogP contribution in [0.25, 0.3) is 5.69 Å². The summed E-state index contributed by atoms with van der Waals surface area (Å²) in [5.41, 5.74) is 5.83. The molecule has 1 aliphatic heterocycles. The minimum atomic E-state index is -0.391. The summed E-state index contributed by atoms with van der Waals surface area (Å²) in [6.07, 6.45) is 1.98. The Morgan fingerprint density at radius 1 is 1.02 bits per heavy atom. The maximum atomic E-state index is 13.0. The summed E-state index contributed by atoms with van der Waals surface area (Å²) in [7, 11) is 2.95. The van der Waals surface area contributed by atoms with E-state index in [1.807, 2.05) is 61.5 Å². The van der Waals surface area contributed by atoms with Crippen molar-refractivity contribution < 1.29 is 19.1 Å². The lowest BCUT2D eigenvalue weighted by Gasteiger charge is -2.28. The molecule has 0 unspecified atom stereocenters. The lowest BCUT2D eigenvalue weighted by Crippen LogP contribution is -2.33. The van der Waals surface area contributed by atoms with Crippen LogP contribution >= 0.6 is 12.2 Å². The lowest BCUT2D eigenvalue weighted by molar-refractivity contribution is -0.116. The molecule has 3 heterocycles. The summed E-state index contributed by atoms with van der Waals surface area (Å²) in [5.74, 6) is 0.0612. The van der Waals surface area contributed by atoms with Gasteiger partial charge in [-0.25, -0.2) is 4.79 Å². The number of hydrogen-bond donors (Lipinski definition) is 2. The predicted molar refractivity (Wildman–Crippen MR) is 165 cm³/mol. The highest BCUT2D eigenvalue weighted by Gasteiger charge is 2.41. The number of amides is 1. The van der Waals surface area contributed by atoms with E-state index < -0.39 is 5.97 Å². The van der Waals surface area contributed by atoms with Gasteiger partial charge < -0.3 is 29.6 Å². The molecular weight excluding hydrogens is 550 g/mol. The van der Waals surface area contributed by atoms with Crippen molar-refractivity contribution in [3.63, 3.8) is 0 Å². The summed E-state index contributed by atoms with van der Waals surface area (Å²) in [6.45, 7) is 4.47. The molecule has 0 aliphatic carbocycles. The Morgan fingerprint density at radius 2 is 1.81 bits per heavy atom. The van der Waals surface area contributed by atoms with Gasteiger partial charge in [0, 0.05) is 36.2 Å². The predicted octanol–water partition coefficient (Wildman–Crippen LogP) is 5.29. The highest BCUT2D eigenvalue weighted by molar-refractivity contribution is 7.80. The van der Waals surface area contributed by atoms with Crippen LogP contribution in [0.2, 0.25) is 0 Å². The van der Waals surface area contributed by atoms with E-state index in [-0.39, 0.29) is 24.4 Å². The Balaban J connectivity index is 1.48. The molecule has 0 saturated carbocycles. The van der Waals surface area contributed by atoms with E-state index in [9.17, 15) is 9.59 Å². The molecule has 1 aliphatic rings. The minimum Gasteiger partial charge on any atom is -0.495 e. The zero-order chi connectivity index (χ0) is 29.8. The third-order valence-electron chi connectivity index (χ3n) is 7.47. The largest absolute Gasteiger partial charge is 0.495 e. The van der Waals surface area contributed by atoms with E-state index in [1.54, 1.807) is 25.4 Å². The van der Waals surface area contributed by atoms with Gasteiger partial charge in [-0.15, -0.1) is 0 Å². The molecule has 0 bridgehead atoms. The van der Waals surface area contributed by atoms with Crippen LogP contribution in [-0.2, 0) is 9.53 Å².